The van der Waals surface area contributed by atoms with Crippen LogP contribution in [0.5, 0.6) is 0 Å². The molecule has 90 valence electrons. The molecule has 0 aromatic carbocycles. The summed E-state index contributed by atoms with van der Waals surface area (Å²) in [5.41, 5.74) is 7.48. The molecule has 17 heavy (non-hydrogen) atoms. The van der Waals surface area contributed by atoms with Crippen molar-refractivity contribution in [2.45, 2.75) is 19.4 Å². The van der Waals surface area contributed by atoms with Crippen molar-refractivity contribution in [3.8, 4) is 11.4 Å². The Morgan fingerprint density at radius 3 is 2.53 bits per heavy atom. The van der Waals surface area contributed by atoms with Crippen molar-refractivity contribution < 1.29 is 0 Å². The minimum atomic E-state index is 0.606. The predicted molar refractivity (Wildman–Crippen MR) is 72.1 cm³/mol. The number of thiazole rings is 2. The van der Waals surface area contributed by atoms with E-state index in [0.29, 0.717) is 5.13 Å². The molecule has 0 spiro atoms. The van der Waals surface area contributed by atoms with Crippen LogP contribution in [0.1, 0.15) is 17.8 Å². The molecule has 6 heteroatoms. The molecule has 0 bridgehead atoms. The number of hydrogen-bond acceptors (Lipinski definition) is 6. The summed E-state index contributed by atoms with van der Waals surface area (Å²) in [5, 5.41) is 5.81. The number of anilines is 1. The average molecular weight is 266 g/mol. The predicted octanol–water partition coefficient (Wildman–Crippen LogP) is 2.44. The van der Waals surface area contributed by atoms with Crippen molar-refractivity contribution in [3.63, 3.8) is 0 Å². The van der Waals surface area contributed by atoms with E-state index in [9.17, 15) is 0 Å². The highest BCUT2D eigenvalue weighted by Crippen LogP contribution is 2.25. The highest BCUT2D eigenvalue weighted by molar-refractivity contribution is 7.14. The zero-order valence-corrected chi connectivity index (χ0v) is 11.1. The molecule has 2 aromatic heterocycles. The van der Waals surface area contributed by atoms with Gasteiger partial charge in [0, 0.05) is 10.8 Å². The van der Waals surface area contributed by atoms with Gasteiger partial charge in [-0.1, -0.05) is 0 Å². The second-order valence-electron chi connectivity index (χ2n) is 4.18. The molecule has 0 radical (unpaired) electrons. The fourth-order valence-corrected chi connectivity index (χ4v) is 3.42. The lowest BCUT2D eigenvalue weighted by molar-refractivity contribution is 0.331. The first-order valence-corrected chi connectivity index (χ1v) is 7.45. The number of nitrogens with zero attached hydrogens (tertiary/aromatic N) is 3. The number of aromatic nitrogens is 2. The topological polar surface area (TPSA) is 55.0 Å². The first-order chi connectivity index (χ1) is 8.31. The van der Waals surface area contributed by atoms with Gasteiger partial charge in [0.1, 0.15) is 16.4 Å². The largest absolute Gasteiger partial charge is 0.375 e. The molecular formula is C11H14N4S2. The molecule has 1 aliphatic rings. The lowest BCUT2D eigenvalue weighted by Gasteiger charge is -2.11. The summed E-state index contributed by atoms with van der Waals surface area (Å²) in [6.45, 7) is 3.39. The van der Waals surface area contributed by atoms with E-state index < -0.39 is 0 Å². The van der Waals surface area contributed by atoms with Crippen LogP contribution in [0.25, 0.3) is 11.4 Å². The number of nitrogens with two attached hydrogens (primary N) is 1. The van der Waals surface area contributed by atoms with Crippen LogP contribution in [0.2, 0.25) is 0 Å². The van der Waals surface area contributed by atoms with Crippen LogP contribution in [-0.2, 0) is 6.54 Å². The molecule has 0 aliphatic carbocycles. The van der Waals surface area contributed by atoms with Gasteiger partial charge in [-0.2, -0.15) is 0 Å². The molecule has 0 amide bonds. The van der Waals surface area contributed by atoms with E-state index in [4.69, 9.17) is 5.73 Å². The molecule has 3 rings (SSSR count). The normalized spacial score (nSPS) is 16.7. The van der Waals surface area contributed by atoms with Crippen molar-refractivity contribution in [1.29, 1.82) is 0 Å². The molecule has 1 aliphatic heterocycles. The third-order valence-electron chi connectivity index (χ3n) is 2.89. The van der Waals surface area contributed by atoms with Gasteiger partial charge in [-0.15, -0.1) is 22.7 Å². The molecule has 1 saturated heterocycles. The Kier molecular flexibility index (Phi) is 3.09. The Hall–Kier alpha value is -0.980. The summed E-state index contributed by atoms with van der Waals surface area (Å²) in [6, 6.07) is 0. The van der Waals surface area contributed by atoms with E-state index in [1.165, 1.54) is 42.3 Å². The van der Waals surface area contributed by atoms with Crippen LogP contribution in [-0.4, -0.2) is 28.0 Å². The van der Waals surface area contributed by atoms with E-state index >= 15 is 0 Å². The minimum absolute atomic E-state index is 0.606. The molecule has 2 aromatic rings. The molecule has 3 heterocycles. The van der Waals surface area contributed by atoms with Crippen LogP contribution in [0, 0.1) is 0 Å². The maximum Gasteiger partial charge on any atom is 0.180 e. The van der Waals surface area contributed by atoms with Crippen molar-refractivity contribution in [2.75, 3.05) is 18.8 Å². The van der Waals surface area contributed by atoms with E-state index in [1.54, 1.807) is 11.3 Å². The monoisotopic (exact) mass is 266 g/mol. The SMILES string of the molecule is Nc1nc(-c2csc(CN3CCCC3)n2)cs1. The highest BCUT2D eigenvalue weighted by Gasteiger charge is 2.14. The second kappa shape index (κ2) is 4.72. The first-order valence-electron chi connectivity index (χ1n) is 5.69. The average Bonchev–Trinajstić information content (AvgIpc) is 2.99. The van der Waals surface area contributed by atoms with Crippen molar-refractivity contribution >= 4 is 27.8 Å². The lowest BCUT2D eigenvalue weighted by atomic mass is 10.4. The van der Waals surface area contributed by atoms with Crippen molar-refractivity contribution in [3.05, 3.63) is 15.8 Å². The van der Waals surface area contributed by atoms with Crippen LogP contribution in [0.4, 0.5) is 5.13 Å². The molecule has 0 unspecified atom stereocenters. The van der Waals surface area contributed by atoms with Gasteiger partial charge in [-0.25, -0.2) is 9.97 Å². The van der Waals surface area contributed by atoms with Crippen molar-refractivity contribution in [2.24, 2.45) is 0 Å². The Morgan fingerprint density at radius 1 is 1.12 bits per heavy atom. The molecule has 4 nitrogen and oxygen atoms in total. The van der Waals surface area contributed by atoms with Gasteiger partial charge in [0.25, 0.3) is 0 Å². The van der Waals surface area contributed by atoms with Gasteiger partial charge in [-0.05, 0) is 25.9 Å². The maximum atomic E-state index is 5.63. The lowest BCUT2D eigenvalue weighted by Crippen LogP contribution is -2.18. The van der Waals surface area contributed by atoms with Gasteiger partial charge in [0.15, 0.2) is 5.13 Å². The number of rotatable bonds is 3. The zero-order chi connectivity index (χ0) is 11.7. The maximum absolute atomic E-state index is 5.63. The summed E-state index contributed by atoms with van der Waals surface area (Å²) in [6.07, 6.45) is 2.64. The highest BCUT2D eigenvalue weighted by atomic mass is 32.1. The Balaban J connectivity index is 1.73. The Labute approximate surface area is 108 Å². The summed E-state index contributed by atoms with van der Waals surface area (Å²) in [5.74, 6) is 0. The molecular weight excluding hydrogens is 252 g/mol. The fraction of sp³-hybridized carbons (Fsp3) is 0.455. The smallest absolute Gasteiger partial charge is 0.180 e. The van der Waals surface area contributed by atoms with Crippen molar-refractivity contribution in [1.82, 2.24) is 14.9 Å². The van der Waals surface area contributed by atoms with E-state index in [0.717, 1.165) is 17.9 Å². The van der Waals surface area contributed by atoms with Crippen LogP contribution in [0.3, 0.4) is 0 Å². The zero-order valence-electron chi connectivity index (χ0n) is 9.43. The van der Waals surface area contributed by atoms with E-state index in [-0.39, 0.29) is 0 Å². The number of likely N-dealkylation sites (tertiary alicyclic amines) is 1. The third kappa shape index (κ3) is 2.48. The van der Waals surface area contributed by atoms with Crippen LogP contribution >= 0.6 is 22.7 Å². The van der Waals surface area contributed by atoms with Gasteiger partial charge in [-0.3, -0.25) is 4.90 Å². The number of nitrogen functional groups attached to an aromatic ring is 1. The molecule has 2 N–H and O–H groups in total. The van der Waals surface area contributed by atoms with Gasteiger partial charge in [0.05, 0.1) is 6.54 Å². The summed E-state index contributed by atoms with van der Waals surface area (Å²) in [4.78, 5) is 11.3. The first kappa shape index (κ1) is 11.1. The quantitative estimate of drug-likeness (QED) is 0.927. The molecule has 0 saturated carbocycles. The standard InChI is InChI=1S/C11H14N4S2/c12-11-14-9(7-17-11)8-6-16-10(13-8)5-15-3-1-2-4-15/h6-7H,1-5H2,(H2,12,14). The van der Waals surface area contributed by atoms with Gasteiger partial charge >= 0.3 is 0 Å². The van der Waals surface area contributed by atoms with Gasteiger partial charge in [0.2, 0.25) is 0 Å². The van der Waals surface area contributed by atoms with E-state index in [1.807, 2.05) is 5.38 Å². The summed E-state index contributed by atoms with van der Waals surface area (Å²) < 4.78 is 0. The molecule has 1 fully saturated rings. The van der Waals surface area contributed by atoms with Crippen LogP contribution in [0.15, 0.2) is 10.8 Å². The Bertz CT molecular complexity index is 499. The number of hydrogen-bond donors (Lipinski definition) is 1. The third-order valence-corrected chi connectivity index (χ3v) is 4.40. The minimum Gasteiger partial charge on any atom is -0.375 e. The fourth-order valence-electron chi connectivity index (χ4n) is 2.04. The van der Waals surface area contributed by atoms with Gasteiger partial charge < -0.3 is 5.73 Å². The van der Waals surface area contributed by atoms with E-state index in [2.05, 4.69) is 20.2 Å². The molecule has 0 atom stereocenters. The Morgan fingerprint density at radius 2 is 1.82 bits per heavy atom. The summed E-state index contributed by atoms with van der Waals surface area (Å²) >= 11 is 3.17. The second-order valence-corrected chi connectivity index (χ2v) is 6.01. The summed E-state index contributed by atoms with van der Waals surface area (Å²) in [7, 11) is 0. The van der Waals surface area contributed by atoms with Crippen LogP contribution < -0.4 is 5.73 Å².